The van der Waals surface area contributed by atoms with Gasteiger partial charge >= 0.3 is 0 Å². The fourth-order valence-electron chi connectivity index (χ4n) is 2.72. The molecular weight excluding hydrogens is 253 g/mol. The van der Waals surface area contributed by atoms with Crippen molar-refractivity contribution in [2.24, 2.45) is 0 Å². The van der Waals surface area contributed by atoms with Gasteiger partial charge in [-0.15, -0.1) is 12.4 Å². The average Bonchev–Trinajstić information content (AvgIpc) is 2.68. The summed E-state index contributed by atoms with van der Waals surface area (Å²) in [5.41, 5.74) is 1.43. The van der Waals surface area contributed by atoms with Crippen molar-refractivity contribution in [2.75, 3.05) is 13.1 Å². The molecule has 0 bridgehead atoms. The van der Waals surface area contributed by atoms with E-state index in [1.54, 1.807) is 6.07 Å². The van der Waals surface area contributed by atoms with Gasteiger partial charge in [0.15, 0.2) is 5.82 Å². The summed E-state index contributed by atoms with van der Waals surface area (Å²) >= 11 is 0. The summed E-state index contributed by atoms with van der Waals surface area (Å²) in [6.45, 7) is 4.01. The van der Waals surface area contributed by atoms with Crippen LogP contribution in [0.5, 0.6) is 0 Å². The first-order chi connectivity index (χ1) is 8.27. The van der Waals surface area contributed by atoms with Crippen molar-refractivity contribution in [3.8, 4) is 0 Å². The van der Waals surface area contributed by atoms with Crippen molar-refractivity contribution in [2.45, 2.75) is 25.8 Å². The van der Waals surface area contributed by atoms with Crippen LogP contribution < -0.4 is 5.32 Å². The number of imidazole rings is 1. The van der Waals surface area contributed by atoms with E-state index in [4.69, 9.17) is 0 Å². The van der Waals surface area contributed by atoms with Gasteiger partial charge in [-0.25, -0.2) is 9.37 Å². The number of benzene rings is 1. The van der Waals surface area contributed by atoms with Gasteiger partial charge in [0, 0.05) is 6.04 Å². The van der Waals surface area contributed by atoms with Gasteiger partial charge in [0.05, 0.1) is 5.52 Å². The second-order valence-corrected chi connectivity index (χ2v) is 4.62. The zero-order chi connectivity index (χ0) is 11.8. The second-order valence-electron chi connectivity index (χ2n) is 4.62. The van der Waals surface area contributed by atoms with Crippen LogP contribution in [0.1, 0.15) is 24.7 Å². The van der Waals surface area contributed by atoms with Gasteiger partial charge in [-0.05, 0) is 45.0 Å². The van der Waals surface area contributed by atoms with Crippen molar-refractivity contribution >= 4 is 23.4 Å². The molecule has 2 heterocycles. The van der Waals surface area contributed by atoms with Crippen molar-refractivity contribution in [1.29, 1.82) is 0 Å². The van der Waals surface area contributed by atoms with E-state index in [1.807, 2.05) is 13.0 Å². The van der Waals surface area contributed by atoms with E-state index in [0.717, 1.165) is 37.3 Å². The van der Waals surface area contributed by atoms with E-state index in [9.17, 15) is 4.39 Å². The molecular formula is C13H17ClFN3. The van der Waals surface area contributed by atoms with E-state index in [-0.39, 0.29) is 18.2 Å². The fraction of sp³-hybridized carbons (Fsp3) is 0.462. The van der Waals surface area contributed by atoms with Crippen LogP contribution in [0.25, 0.3) is 11.0 Å². The molecule has 1 aromatic heterocycles. The molecule has 3 nitrogen and oxygen atoms in total. The molecule has 0 radical (unpaired) electrons. The maximum absolute atomic E-state index is 13.7. The van der Waals surface area contributed by atoms with Crippen LogP contribution in [0.3, 0.4) is 0 Å². The van der Waals surface area contributed by atoms with Gasteiger partial charge in [0.1, 0.15) is 11.3 Å². The normalized spacial score (nSPS) is 16.8. The van der Waals surface area contributed by atoms with E-state index in [1.165, 1.54) is 6.07 Å². The van der Waals surface area contributed by atoms with Gasteiger partial charge in [-0.3, -0.25) is 0 Å². The number of nitrogens with zero attached hydrogens (tertiary/aromatic N) is 2. The maximum atomic E-state index is 13.7. The third kappa shape index (κ3) is 2.10. The summed E-state index contributed by atoms with van der Waals surface area (Å²) in [7, 11) is 0. The van der Waals surface area contributed by atoms with Crippen molar-refractivity contribution in [1.82, 2.24) is 14.9 Å². The number of aryl methyl sites for hydroxylation is 1. The van der Waals surface area contributed by atoms with Crippen molar-refractivity contribution < 1.29 is 4.39 Å². The molecule has 0 amide bonds. The van der Waals surface area contributed by atoms with Crippen LogP contribution >= 0.6 is 12.4 Å². The highest BCUT2D eigenvalue weighted by atomic mass is 35.5. The molecule has 2 aromatic rings. The van der Waals surface area contributed by atoms with Crippen LogP contribution in [0.2, 0.25) is 0 Å². The Labute approximate surface area is 112 Å². The largest absolute Gasteiger partial charge is 0.325 e. The first kappa shape index (κ1) is 13.3. The topological polar surface area (TPSA) is 29.9 Å². The number of piperidine rings is 1. The summed E-state index contributed by atoms with van der Waals surface area (Å²) in [4.78, 5) is 4.36. The summed E-state index contributed by atoms with van der Waals surface area (Å²) in [5, 5.41) is 3.35. The fourth-order valence-corrected chi connectivity index (χ4v) is 2.72. The molecule has 0 spiro atoms. The minimum absolute atomic E-state index is 0. The molecule has 18 heavy (non-hydrogen) atoms. The third-order valence-corrected chi connectivity index (χ3v) is 3.52. The molecule has 1 saturated heterocycles. The summed E-state index contributed by atoms with van der Waals surface area (Å²) in [5.74, 6) is 0.690. The molecule has 1 aliphatic rings. The molecule has 1 aliphatic heterocycles. The highest BCUT2D eigenvalue weighted by Crippen LogP contribution is 2.27. The van der Waals surface area contributed by atoms with Crippen molar-refractivity contribution in [3.05, 3.63) is 29.8 Å². The Kier molecular flexibility index (Phi) is 3.88. The van der Waals surface area contributed by atoms with Crippen LogP contribution in [0.15, 0.2) is 18.2 Å². The van der Waals surface area contributed by atoms with E-state index >= 15 is 0 Å². The molecule has 0 atom stereocenters. The Bertz CT molecular complexity index is 546. The number of fused-ring (bicyclic) bond motifs is 1. The highest BCUT2D eigenvalue weighted by Gasteiger charge is 2.20. The Morgan fingerprint density at radius 3 is 2.78 bits per heavy atom. The quantitative estimate of drug-likeness (QED) is 0.863. The SMILES string of the molecule is Cc1nc2c(F)cccc2n1C1CCNCC1.Cl. The number of halogens is 2. The third-order valence-electron chi connectivity index (χ3n) is 3.52. The zero-order valence-corrected chi connectivity index (χ0v) is 11.1. The first-order valence-corrected chi connectivity index (χ1v) is 6.11. The number of hydrogen-bond acceptors (Lipinski definition) is 2. The minimum atomic E-state index is -0.224. The van der Waals surface area contributed by atoms with Gasteiger partial charge < -0.3 is 9.88 Å². The minimum Gasteiger partial charge on any atom is -0.325 e. The number of para-hydroxylation sites is 1. The number of aromatic nitrogens is 2. The van der Waals surface area contributed by atoms with Gasteiger partial charge in [0.2, 0.25) is 0 Å². The first-order valence-electron chi connectivity index (χ1n) is 6.11. The summed E-state index contributed by atoms with van der Waals surface area (Å²) in [6.07, 6.45) is 2.17. The average molecular weight is 270 g/mol. The molecule has 1 fully saturated rings. The lowest BCUT2D eigenvalue weighted by Gasteiger charge is -2.25. The van der Waals surface area contributed by atoms with Crippen LogP contribution in [-0.4, -0.2) is 22.6 Å². The van der Waals surface area contributed by atoms with Gasteiger partial charge in [-0.1, -0.05) is 6.07 Å². The Hall–Kier alpha value is -1.13. The molecule has 1 aromatic carbocycles. The van der Waals surface area contributed by atoms with E-state index in [0.29, 0.717) is 11.6 Å². The predicted molar refractivity (Wildman–Crippen MR) is 72.8 cm³/mol. The van der Waals surface area contributed by atoms with Crippen LogP contribution in [0, 0.1) is 12.7 Å². The monoisotopic (exact) mass is 269 g/mol. The summed E-state index contributed by atoms with van der Waals surface area (Å²) < 4.78 is 15.9. The molecule has 5 heteroatoms. The van der Waals surface area contributed by atoms with Gasteiger partial charge in [-0.2, -0.15) is 0 Å². The van der Waals surface area contributed by atoms with Gasteiger partial charge in [0.25, 0.3) is 0 Å². The second kappa shape index (κ2) is 5.24. The van der Waals surface area contributed by atoms with E-state index < -0.39 is 0 Å². The summed E-state index contributed by atoms with van der Waals surface area (Å²) in [6, 6.07) is 5.64. The standard InChI is InChI=1S/C13H16FN3.ClH/c1-9-16-13-11(14)3-2-4-12(13)17(9)10-5-7-15-8-6-10;/h2-4,10,15H,5-8H2,1H3;1H. The lowest BCUT2D eigenvalue weighted by molar-refractivity contribution is 0.370. The smallest absolute Gasteiger partial charge is 0.151 e. The molecule has 1 N–H and O–H groups in total. The molecule has 98 valence electrons. The Morgan fingerprint density at radius 2 is 2.06 bits per heavy atom. The maximum Gasteiger partial charge on any atom is 0.151 e. The lowest BCUT2D eigenvalue weighted by atomic mass is 10.1. The van der Waals surface area contributed by atoms with Crippen molar-refractivity contribution in [3.63, 3.8) is 0 Å². The van der Waals surface area contributed by atoms with Crippen LogP contribution in [-0.2, 0) is 0 Å². The molecule has 0 aliphatic carbocycles. The lowest BCUT2D eigenvalue weighted by Crippen LogP contribution is -2.29. The highest BCUT2D eigenvalue weighted by molar-refractivity contribution is 5.85. The Morgan fingerprint density at radius 1 is 1.33 bits per heavy atom. The number of hydrogen-bond donors (Lipinski definition) is 1. The van der Waals surface area contributed by atoms with Crippen LogP contribution in [0.4, 0.5) is 4.39 Å². The predicted octanol–water partition coefficient (Wildman–Crippen LogP) is 2.83. The molecule has 3 rings (SSSR count). The molecule has 0 saturated carbocycles. The zero-order valence-electron chi connectivity index (χ0n) is 10.3. The Balaban J connectivity index is 0.00000120. The number of rotatable bonds is 1. The number of nitrogens with one attached hydrogen (secondary N) is 1. The molecule has 0 unspecified atom stereocenters. The van der Waals surface area contributed by atoms with E-state index in [2.05, 4.69) is 14.9 Å².